The van der Waals surface area contributed by atoms with Gasteiger partial charge >= 0.3 is 0 Å². The van der Waals surface area contributed by atoms with Crippen LogP contribution in [-0.2, 0) is 4.79 Å². The Labute approximate surface area is 197 Å². The molecule has 1 aromatic rings. The first-order valence-corrected chi connectivity index (χ1v) is 12.7. The Hall–Kier alpha value is -2.24. The van der Waals surface area contributed by atoms with Gasteiger partial charge in [0.2, 0.25) is 5.91 Å². The first kappa shape index (κ1) is 22.5. The second-order valence-electron chi connectivity index (χ2n) is 11.2. The van der Waals surface area contributed by atoms with Crippen molar-refractivity contribution >= 4 is 11.8 Å². The Bertz CT molecular complexity index is 855. The molecule has 0 atom stereocenters. The normalized spacial score (nSPS) is 30.8. The number of amides is 2. The highest BCUT2D eigenvalue weighted by molar-refractivity contribution is 5.94. The molecule has 4 bridgehead atoms. The third-order valence-corrected chi connectivity index (χ3v) is 8.86. The molecule has 2 amide bonds. The fraction of sp³-hybridized carbons (Fsp3) is 0.704. The summed E-state index contributed by atoms with van der Waals surface area (Å²) in [6, 6.07) is 5.21. The van der Waals surface area contributed by atoms with Crippen LogP contribution in [0.5, 0.6) is 11.5 Å². The van der Waals surface area contributed by atoms with Crippen LogP contribution in [-0.4, -0.2) is 50.6 Å². The number of methoxy groups -OCH3 is 2. The number of rotatable bonds is 7. The molecule has 4 saturated carbocycles. The number of hydrogen-bond donors (Lipinski definition) is 1. The number of ether oxygens (including phenoxy) is 2. The molecule has 4 aliphatic carbocycles. The van der Waals surface area contributed by atoms with Gasteiger partial charge in [0.05, 0.1) is 14.2 Å². The Balaban J connectivity index is 1.08. The maximum Gasteiger partial charge on any atom is 0.251 e. The van der Waals surface area contributed by atoms with Crippen LogP contribution in [0.2, 0.25) is 0 Å². The predicted molar refractivity (Wildman–Crippen MR) is 126 cm³/mol. The summed E-state index contributed by atoms with van der Waals surface area (Å²) in [4.78, 5) is 27.9. The predicted octanol–water partition coefficient (Wildman–Crippen LogP) is 4.28. The lowest BCUT2D eigenvalue weighted by atomic mass is 9.49. The summed E-state index contributed by atoms with van der Waals surface area (Å²) in [6.07, 6.45) is 10.8. The van der Waals surface area contributed by atoms with Gasteiger partial charge in [-0.25, -0.2) is 0 Å². The Morgan fingerprint density at radius 2 is 1.58 bits per heavy atom. The monoisotopic (exact) mass is 454 g/mol. The van der Waals surface area contributed by atoms with Crippen molar-refractivity contribution in [2.75, 3.05) is 33.9 Å². The van der Waals surface area contributed by atoms with Crippen LogP contribution >= 0.6 is 0 Å². The van der Waals surface area contributed by atoms with E-state index in [1.54, 1.807) is 32.4 Å². The summed E-state index contributed by atoms with van der Waals surface area (Å²) in [5.74, 6) is 4.53. The van der Waals surface area contributed by atoms with Crippen molar-refractivity contribution in [2.24, 2.45) is 29.1 Å². The molecule has 33 heavy (non-hydrogen) atoms. The molecule has 1 saturated heterocycles. The van der Waals surface area contributed by atoms with Crippen LogP contribution in [0.3, 0.4) is 0 Å². The molecule has 0 spiro atoms. The van der Waals surface area contributed by atoms with Gasteiger partial charge in [0.15, 0.2) is 11.5 Å². The molecule has 6 rings (SSSR count). The molecule has 5 fully saturated rings. The number of nitrogens with zero attached hydrogens (tertiary/aromatic N) is 1. The molecule has 1 N–H and O–H groups in total. The molecule has 0 unspecified atom stereocenters. The largest absolute Gasteiger partial charge is 0.493 e. The summed E-state index contributed by atoms with van der Waals surface area (Å²) < 4.78 is 10.5. The zero-order chi connectivity index (χ0) is 23.0. The lowest BCUT2D eigenvalue weighted by molar-refractivity contribution is -0.140. The Morgan fingerprint density at radius 1 is 0.970 bits per heavy atom. The minimum Gasteiger partial charge on any atom is -0.493 e. The zero-order valence-corrected chi connectivity index (χ0v) is 20.1. The highest BCUT2D eigenvalue weighted by atomic mass is 16.5. The molecule has 1 aromatic carbocycles. The van der Waals surface area contributed by atoms with E-state index in [0.717, 1.165) is 50.1 Å². The minimum atomic E-state index is -0.101. The molecular formula is C27H38N2O4. The van der Waals surface area contributed by atoms with Crippen molar-refractivity contribution < 1.29 is 19.1 Å². The lowest BCUT2D eigenvalue weighted by Crippen LogP contribution is -2.49. The van der Waals surface area contributed by atoms with E-state index in [2.05, 4.69) is 10.2 Å². The lowest BCUT2D eigenvalue weighted by Gasteiger charge is -2.57. The van der Waals surface area contributed by atoms with Gasteiger partial charge < -0.3 is 19.7 Å². The van der Waals surface area contributed by atoms with Crippen LogP contribution in [0.1, 0.15) is 68.1 Å². The Kier molecular flexibility index (Phi) is 6.28. The Morgan fingerprint density at radius 3 is 2.15 bits per heavy atom. The van der Waals surface area contributed by atoms with Crippen molar-refractivity contribution in [1.29, 1.82) is 0 Å². The number of likely N-dealkylation sites (tertiary alicyclic amines) is 1. The van der Waals surface area contributed by atoms with Gasteiger partial charge in [0, 0.05) is 31.6 Å². The minimum absolute atomic E-state index is 0.101. The number of piperidine rings is 1. The average Bonchev–Trinajstić information content (AvgIpc) is 2.81. The number of benzene rings is 1. The van der Waals surface area contributed by atoms with E-state index in [4.69, 9.17) is 9.47 Å². The van der Waals surface area contributed by atoms with Crippen molar-refractivity contribution in [3.05, 3.63) is 23.8 Å². The summed E-state index contributed by atoms with van der Waals surface area (Å²) in [7, 11) is 3.15. The van der Waals surface area contributed by atoms with E-state index in [1.807, 2.05) is 0 Å². The third kappa shape index (κ3) is 4.71. The van der Waals surface area contributed by atoms with Gasteiger partial charge in [0.1, 0.15) is 0 Å². The van der Waals surface area contributed by atoms with Crippen molar-refractivity contribution in [2.45, 2.75) is 57.8 Å². The van der Waals surface area contributed by atoms with E-state index >= 15 is 0 Å². The molecule has 0 aromatic heterocycles. The van der Waals surface area contributed by atoms with Gasteiger partial charge in [-0.3, -0.25) is 9.59 Å². The molecule has 6 heteroatoms. The second-order valence-corrected chi connectivity index (χ2v) is 11.2. The van der Waals surface area contributed by atoms with Gasteiger partial charge in [-0.1, -0.05) is 0 Å². The number of nitrogens with one attached hydrogen (secondary N) is 1. The van der Waals surface area contributed by atoms with Gasteiger partial charge in [-0.2, -0.15) is 0 Å². The van der Waals surface area contributed by atoms with Crippen LogP contribution in [0.4, 0.5) is 0 Å². The van der Waals surface area contributed by atoms with Crippen LogP contribution in [0.15, 0.2) is 18.2 Å². The summed E-state index contributed by atoms with van der Waals surface area (Å²) in [5, 5.41) is 3.07. The molecule has 1 heterocycles. The summed E-state index contributed by atoms with van der Waals surface area (Å²) >= 11 is 0. The van der Waals surface area contributed by atoms with E-state index in [9.17, 15) is 9.59 Å². The standard InChI is InChI=1S/C27H38N2O4/c1-32-23-4-3-22(12-24(23)33-2)26(31)28-17-18-5-7-29(8-6-18)25(30)16-27-13-19-9-20(14-27)11-21(10-19)15-27/h3-4,12,18-21H,5-11,13-17H2,1-2H3,(H,28,31). The van der Waals surface area contributed by atoms with E-state index in [0.29, 0.717) is 40.8 Å². The van der Waals surface area contributed by atoms with Gasteiger partial charge in [-0.05, 0) is 98.7 Å². The van der Waals surface area contributed by atoms with Crippen LogP contribution in [0.25, 0.3) is 0 Å². The average molecular weight is 455 g/mol. The maximum absolute atomic E-state index is 13.2. The number of carbonyl (C=O) groups is 2. The van der Waals surface area contributed by atoms with Crippen LogP contribution in [0, 0.1) is 29.1 Å². The molecular weight excluding hydrogens is 416 g/mol. The van der Waals surface area contributed by atoms with E-state index < -0.39 is 0 Å². The molecule has 0 radical (unpaired) electrons. The van der Waals surface area contributed by atoms with E-state index in [-0.39, 0.29) is 5.91 Å². The molecule has 180 valence electrons. The van der Waals surface area contributed by atoms with Gasteiger partial charge in [-0.15, -0.1) is 0 Å². The summed E-state index contributed by atoms with van der Waals surface area (Å²) in [5.41, 5.74) is 0.881. The van der Waals surface area contributed by atoms with E-state index in [1.165, 1.54) is 38.5 Å². The molecule has 6 nitrogen and oxygen atoms in total. The fourth-order valence-corrected chi connectivity index (χ4v) is 7.64. The second kappa shape index (κ2) is 9.19. The topological polar surface area (TPSA) is 67.9 Å². The van der Waals surface area contributed by atoms with Crippen molar-refractivity contribution in [3.8, 4) is 11.5 Å². The fourth-order valence-electron chi connectivity index (χ4n) is 7.64. The van der Waals surface area contributed by atoms with Crippen molar-refractivity contribution in [3.63, 3.8) is 0 Å². The van der Waals surface area contributed by atoms with Gasteiger partial charge in [0.25, 0.3) is 5.91 Å². The smallest absolute Gasteiger partial charge is 0.251 e. The highest BCUT2D eigenvalue weighted by Gasteiger charge is 2.51. The summed E-state index contributed by atoms with van der Waals surface area (Å²) in [6.45, 7) is 2.29. The maximum atomic E-state index is 13.2. The van der Waals surface area contributed by atoms with Crippen molar-refractivity contribution in [1.82, 2.24) is 10.2 Å². The quantitative estimate of drug-likeness (QED) is 0.668. The third-order valence-electron chi connectivity index (χ3n) is 8.86. The SMILES string of the molecule is COc1ccc(C(=O)NCC2CCN(C(=O)CC34CC5CC(CC(C5)C3)C4)CC2)cc1OC. The van der Waals surface area contributed by atoms with Crippen LogP contribution < -0.4 is 14.8 Å². The number of carbonyl (C=O) groups excluding carboxylic acids is 2. The zero-order valence-electron chi connectivity index (χ0n) is 20.1. The first-order chi connectivity index (χ1) is 16.0. The molecule has 1 aliphatic heterocycles. The number of hydrogen-bond acceptors (Lipinski definition) is 4. The molecule has 5 aliphatic rings. The first-order valence-electron chi connectivity index (χ1n) is 12.7. The highest BCUT2D eigenvalue weighted by Crippen LogP contribution is 2.61.